The summed E-state index contributed by atoms with van der Waals surface area (Å²) >= 11 is 0. The van der Waals surface area contributed by atoms with Crippen LogP contribution in [0.25, 0.3) is 10.9 Å². The normalized spacial score (nSPS) is 14.3. The molecule has 0 fully saturated rings. The topological polar surface area (TPSA) is 86.2 Å². The Morgan fingerprint density at radius 3 is 3.07 bits per heavy atom. The number of aromatic nitrogens is 1. The maximum absolute atomic E-state index is 11.6. The van der Waals surface area contributed by atoms with Crippen molar-refractivity contribution in [2.45, 2.75) is 6.85 Å². The van der Waals surface area contributed by atoms with Crippen LogP contribution in [0.5, 0.6) is 0 Å². The fourth-order valence-electron chi connectivity index (χ4n) is 1.25. The molecule has 2 rings (SSSR count). The fraction of sp³-hybridized carbons (Fsp3) is 0.111. The number of benzene rings is 1. The van der Waals surface area contributed by atoms with Crippen molar-refractivity contribution in [1.82, 2.24) is 4.98 Å². The van der Waals surface area contributed by atoms with E-state index >= 15 is 0 Å². The van der Waals surface area contributed by atoms with Gasteiger partial charge in [0.25, 0.3) is 5.69 Å². The number of aryl methyl sites for hydroxylation is 1. The Kier molecular flexibility index (Phi) is 1.32. The lowest BCUT2D eigenvalue weighted by molar-refractivity contribution is -0.383. The second kappa shape index (κ2) is 3.16. The van der Waals surface area contributed by atoms with Gasteiger partial charge in [-0.1, -0.05) is 6.07 Å². The SMILES string of the molecule is [2H]C([2H])([2H])c1nc2cccc([N+](=O)[O-])c2c(=O)o1. The number of nitrogens with zero attached hydrogens (tertiary/aromatic N) is 2. The second-order valence-electron chi connectivity index (χ2n) is 2.73. The molecule has 1 aromatic carbocycles. The first kappa shape index (κ1) is 6.28. The standard InChI is InChI=1S/C9H6N2O4/c1-5-10-6-3-2-4-7(11(13)14)8(6)9(12)15-5/h2-4H,1H3/i1D3. The van der Waals surface area contributed by atoms with Gasteiger partial charge in [-0.2, -0.15) is 0 Å². The molecule has 0 amide bonds. The Morgan fingerprint density at radius 1 is 1.60 bits per heavy atom. The smallest absolute Gasteiger partial charge is 0.353 e. The lowest BCUT2D eigenvalue weighted by Gasteiger charge is -1.97. The van der Waals surface area contributed by atoms with E-state index in [2.05, 4.69) is 9.40 Å². The minimum Gasteiger partial charge on any atom is -0.408 e. The molecule has 0 aliphatic heterocycles. The third kappa shape index (κ3) is 1.45. The van der Waals surface area contributed by atoms with E-state index in [1.165, 1.54) is 12.1 Å². The highest BCUT2D eigenvalue weighted by Gasteiger charge is 2.16. The predicted octanol–water partition coefficient (Wildman–Crippen LogP) is 1.40. The Hall–Kier alpha value is -2.24. The molecule has 0 saturated heterocycles. The van der Waals surface area contributed by atoms with E-state index in [0.717, 1.165) is 6.07 Å². The quantitative estimate of drug-likeness (QED) is 0.523. The summed E-state index contributed by atoms with van der Waals surface area (Å²) in [5, 5.41) is 10.4. The molecule has 0 aliphatic carbocycles. The zero-order valence-electron chi connectivity index (χ0n) is 10.3. The molecule has 0 spiro atoms. The van der Waals surface area contributed by atoms with E-state index in [1.54, 1.807) is 0 Å². The average molecular weight is 209 g/mol. The highest BCUT2D eigenvalue weighted by molar-refractivity contribution is 5.86. The van der Waals surface area contributed by atoms with E-state index in [4.69, 9.17) is 4.11 Å². The van der Waals surface area contributed by atoms with Crippen molar-refractivity contribution in [1.29, 1.82) is 0 Å². The van der Waals surface area contributed by atoms with Gasteiger partial charge in [-0.05, 0) is 6.07 Å². The molecule has 0 aliphatic rings. The van der Waals surface area contributed by atoms with Crippen LogP contribution in [0.3, 0.4) is 0 Å². The highest BCUT2D eigenvalue weighted by atomic mass is 16.6. The van der Waals surface area contributed by atoms with Gasteiger partial charge in [0, 0.05) is 17.0 Å². The molecule has 6 nitrogen and oxygen atoms in total. The number of hydrogen-bond acceptors (Lipinski definition) is 5. The summed E-state index contributed by atoms with van der Waals surface area (Å²) < 4.78 is 25.8. The molecule has 2 aromatic rings. The summed E-state index contributed by atoms with van der Waals surface area (Å²) in [6.45, 7) is -2.68. The van der Waals surface area contributed by atoms with E-state index in [1.807, 2.05) is 0 Å². The van der Waals surface area contributed by atoms with Gasteiger partial charge in [0.15, 0.2) is 11.3 Å². The third-order valence-corrected chi connectivity index (χ3v) is 1.83. The first-order valence-electron chi connectivity index (χ1n) is 5.39. The molecule has 1 heterocycles. The van der Waals surface area contributed by atoms with Crippen molar-refractivity contribution in [3.8, 4) is 0 Å². The van der Waals surface area contributed by atoms with Crippen molar-refractivity contribution in [3.05, 3.63) is 44.6 Å². The predicted molar refractivity (Wildman–Crippen MR) is 51.7 cm³/mol. The first-order valence-corrected chi connectivity index (χ1v) is 3.89. The molecule has 76 valence electrons. The molecule has 1 aromatic heterocycles. The molecule has 0 radical (unpaired) electrons. The monoisotopic (exact) mass is 209 g/mol. The minimum absolute atomic E-state index is 0.0772. The summed E-state index contributed by atoms with van der Waals surface area (Å²) in [4.78, 5) is 25.2. The Morgan fingerprint density at radius 2 is 2.40 bits per heavy atom. The van der Waals surface area contributed by atoms with Crippen LogP contribution in [-0.2, 0) is 0 Å². The molecular weight excluding hydrogens is 200 g/mol. The summed E-state index contributed by atoms with van der Waals surface area (Å²) in [6.07, 6.45) is 0. The van der Waals surface area contributed by atoms with Crippen LogP contribution in [0.4, 0.5) is 5.69 Å². The van der Waals surface area contributed by atoms with Crippen LogP contribution < -0.4 is 5.63 Å². The molecule has 0 atom stereocenters. The van der Waals surface area contributed by atoms with Gasteiger partial charge in [-0.3, -0.25) is 10.1 Å². The zero-order valence-corrected chi connectivity index (χ0v) is 7.26. The van der Waals surface area contributed by atoms with Crippen LogP contribution in [-0.4, -0.2) is 9.91 Å². The number of non-ortho nitro benzene ring substituents is 1. The summed E-state index contributed by atoms with van der Waals surface area (Å²) in [7, 11) is 0. The lowest BCUT2D eigenvalue weighted by atomic mass is 10.2. The van der Waals surface area contributed by atoms with Crippen molar-refractivity contribution >= 4 is 16.6 Å². The van der Waals surface area contributed by atoms with Gasteiger partial charge in [-0.25, -0.2) is 9.78 Å². The van der Waals surface area contributed by atoms with Crippen molar-refractivity contribution in [2.75, 3.05) is 0 Å². The maximum atomic E-state index is 11.6. The van der Waals surface area contributed by atoms with Gasteiger partial charge in [-0.15, -0.1) is 0 Å². The number of rotatable bonds is 1. The van der Waals surface area contributed by atoms with Crippen LogP contribution in [0.15, 0.2) is 27.4 Å². The van der Waals surface area contributed by atoms with Crippen molar-refractivity contribution in [3.63, 3.8) is 0 Å². The molecular formula is C9H6N2O4. The van der Waals surface area contributed by atoms with E-state index in [9.17, 15) is 14.9 Å². The number of hydrogen-bond donors (Lipinski definition) is 0. The van der Waals surface area contributed by atoms with Gasteiger partial charge in [0.1, 0.15) is 0 Å². The highest BCUT2D eigenvalue weighted by Crippen LogP contribution is 2.20. The van der Waals surface area contributed by atoms with Crippen LogP contribution in [0.2, 0.25) is 0 Å². The molecule has 6 heteroatoms. The lowest BCUT2D eigenvalue weighted by Crippen LogP contribution is -2.05. The Balaban J connectivity index is 2.86. The second-order valence-corrected chi connectivity index (χ2v) is 2.73. The third-order valence-electron chi connectivity index (χ3n) is 1.83. The van der Waals surface area contributed by atoms with Crippen molar-refractivity contribution < 1.29 is 13.5 Å². The van der Waals surface area contributed by atoms with Crippen molar-refractivity contribution in [2.24, 2.45) is 0 Å². The first-order chi connectivity index (χ1) is 8.30. The number of fused-ring (bicyclic) bond motifs is 1. The number of nitro groups is 1. The van der Waals surface area contributed by atoms with E-state index in [-0.39, 0.29) is 10.9 Å². The van der Waals surface area contributed by atoms with Gasteiger partial charge >= 0.3 is 5.63 Å². The van der Waals surface area contributed by atoms with E-state index < -0.39 is 29.0 Å². The molecule has 15 heavy (non-hydrogen) atoms. The minimum atomic E-state index is -2.68. The average Bonchev–Trinajstić information content (AvgIpc) is 2.26. The molecule has 0 bridgehead atoms. The summed E-state index contributed by atoms with van der Waals surface area (Å²) in [5.41, 5.74) is -1.63. The summed E-state index contributed by atoms with van der Waals surface area (Å²) in [6, 6.07) is 3.75. The van der Waals surface area contributed by atoms with Crippen LogP contribution in [0, 0.1) is 17.0 Å². The van der Waals surface area contributed by atoms with Gasteiger partial charge in [0.05, 0.1) is 10.4 Å². The maximum Gasteiger partial charge on any atom is 0.353 e. The fourth-order valence-corrected chi connectivity index (χ4v) is 1.25. The molecule has 0 N–H and O–H groups in total. The number of nitro benzene ring substituents is 1. The largest absolute Gasteiger partial charge is 0.408 e. The molecule has 0 unspecified atom stereocenters. The van der Waals surface area contributed by atoms with Crippen LogP contribution >= 0.6 is 0 Å². The zero-order chi connectivity index (χ0) is 13.5. The van der Waals surface area contributed by atoms with Crippen LogP contribution in [0.1, 0.15) is 10.0 Å². The molecule has 0 saturated carbocycles. The summed E-state index contributed by atoms with van der Waals surface area (Å²) in [5.74, 6) is -0.736. The van der Waals surface area contributed by atoms with Gasteiger partial charge < -0.3 is 4.42 Å². The Bertz CT molecular complexity index is 692. The van der Waals surface area contributed by atoms with E-state index in [0.29, 0.717) is 0 Å². The van der Waals surface area contributed by atoms with Gasteiger partial charge in [0.2, 0.25) is 0 Å². The Labute approximate surface area is 87.5 Å².